The topological polar surface area (TPSA) is 118 Å². The number of aromatic nitrogens is 3. The average Bonchev–Trinajstić information content (AvgIpc) is 4.22. The Morgan fingerprint density at radius 2 is 0.564 bits per heavy atom. The molecule has 13 heteroatoms. The number of nitrogens with zero attached hydrogens (tertiary/aromatic N) is 7. The van der Waals surface area contributed by atoms with Crippen LogP contribution in [-0.4, -0.2) is 14.1 Å². The maximum absolute atomic E-state index is 14.7. The van der Waals surface area contributed by atoms with E-state index >= 15 is 0 Å². The minimum absolute atomic E-state index is 0.00125. The maximum Gasteiger partial charge on any atom is 0.416 e. The summed E-state index contributed by atoms with van der Waals surface area (Å²) in [6, 6.07) is 64.6. The van der Waals surface area contributed by atoms with Crippen LogP contribution in [0.5, 0.6) is 0 Å². The van der Waals surface area contributed by atoms with E-state index in [2.05, 4.69) is 24.3 Å². The van der Waals surface area contributed by atoms with Gasteiger partial charge in [0.25, 0.3) is 0 Å². The lowest BCUT2D eigenvalue weighted by Crippen LogP contribution is -2.11. The Balaban J connectivity index is 1.18. The van der Waals surface area contributed by atoms with Gasteiger partial charge in [0.05, 0.1) is 79.7 Å². The highest BCUT2D eigenvalue weighted by Crippen LogP contribution is 2.43. The second-order valence-corrected chi connectivity index (χ2v) is 18.7. The third kappa shape index (κ3) is 8.58. The first kappa shape index (κ1) is 48.2. The molecule has 0 aliphatic rings. The van der Waals surface area contributed by atoms with Crippen molar-refractivity contribution in [2.45, 2.75) is 12.4 Å². The zero-order chi connectivity index (χ0) is 54.0. The molecule has 9 aromatic carbocycles. The van der Waals surface area contributed by atoms with Gasteiger partial charge < -0.3 is 0 Å². The number of rotatable bonds is 7. The molecular formula is C65H33F6N7. The van der Waals surface area contributed by atoms with Gasteiger partial charge in [0.2, 0.25) is 0 Å². The number of nitriles is 4. The van der Waals surface area contributed by atoms with E-state index < -0.39 is 23.5 Å². The van der Waals surface area contributed by atoms with Crippen LogP contribution in [0.3, 0.4) is 0 Å². The molecule has 0 radical (unpaired) electrons. The minimum atomic E-state index is -5.14. The SMILES string of the molecule is N#Cc1cccc(-c2ccc3c(c2)c2cc(-c4cccc(C#N)c4)ccc2n3-c2cc(-c3cc(C(F)(F)F)cc(C(F)(F)F)c3)cc(-n3c4ccc(-c5cccc(C#N)c5)cc4c4cc(-c5cccc(C#N)c5)ccc43)n2)c1. The van der Waals surface area contributed by atoms with E-state index in [9.17, 15) is 47.4 Å². The molecule has 78 heavy (non-hydrogen) atoms. The molecule has 0 N–H and O–H groups in total. The van der Waals surface area contributed by atoms with E-state index in [1.165, 1.54) is 12.1 Å². The molecule has 0 aliphatic carbocycles. The third-order valence-corrected chi connectivity index (χ3v) is 14.0. The van der Waals surface area contributed by atoms with Crippen LogP contribution < -0.4 is 0 Å². The first-order valence-corrected chi connectivity index (χ1v) is 24.2. The number of halogens is 6. The summed E-state index contributed by atoms with van der Waals surface area (Å²) >= 11 is 0. The molecule has 0 saturated heterocycles. The lowest BCUT2D eigenvalue weighted by atomic mass is 9.99. The Morgan fingerprint density at radius 1 is 0.295 bits per heavy atom. The average molecular weight is 1030 g/mol. The van der Waals surface area contributed by atoms with E-state index in [0.29, 0.717) is 78.0 Å². The van der Waals surface area contributed by atoms with Crippen molar-refractivity contribution in [2.24, 2.45) is 0 Å². The van der Waals surface area contributed by atoms with Crippen molar-refractivity contribution in [3.05, 3.63) is 234 Å². The molecular weight excluding hydrogens is 993 g/mol. The van der Waals surface area contributed by atoms with Crippen LogP contribution in [-0.2, 0) is 12.4 Å². The highest BCUT2D eigenvalue weighted by molar-refractivity contribution is 6.13. The van der Waals surface area contributed by atoms with Gasteiger partial charge in [-0.15, -0.1) is 0 Å². The third-order valence-electron chi connectivity index (χ3n) is 14.0. The monoisotopic (exact) mass is 1030 g/mol. The molecule has 370 valence electrons. The highest BCUT2D eigenvalue weighted by Gasteiger charge is 2.37. The summed E-state index contributed by atoms with van der Waals surface area (Å²) in [6.07, 6.45) is -10.3. The molecule has 0 atom stereocenters. The first-order valence-electron chi connectivity index (χ1n) is 24.2. The molecule has 7 nitrogen and oxygen atoms in total. The van der Waals surface area contributed by atoms with Crippen LogP contribution in [0.2, 0.25) is 0 Å². The van der Waals surface area contributed by atoms with Gasteiger partial charge in [-0.1, -0.05) is 72.8 Å². The van der Waals surface area contributed by atoms with Crippen molar-refractivity contribution in [3.63, 3.8) is 0 Å². The minimum Gasteiger partial charge on any atom is -0.294 e. The molecule has 0 saturated carbocycles. The van der Waals surface area contributed by atoms with Gasteiger partial charge in [-0.05, 0) is 183 Å². The lowest BCUT2D eigenvalue weighted by Gasteiger charge is -2.17. The molecule has 12 aromatic rings. The summed E-state index contributed by atoms with van der Waals surface area (Å²) in [7, 11) is 0. The zero-order valence-corrected chi connectivity index (χ0v) is 40.5. The summed E-state index contributed by atoms with van der Waals surface area (Å²) in [6.45, 7) is 0. The fourth-order valence-electron chi connectivity index (χ4n) is 10.4. The van der Waals surface area contributed by atoms with Crippen LogP contribution in [0.25, 0.3) is 111 Å². The van der Waals surface area contributed by atoms with Crippen molar-refractivity contribution in [1.29, 1.82) is 21.0 Å². The Labute approximate surface area is 440 Å². The second kappa shape index (κ2) is 18.6. The Bertz CT molecular complexity index is 4150. The van der Waals surface area contributed by atoms with Crippen LogP contribution in [0.4, 0.5) is 26.3 Å². The summed E-state index contributed by atoms with van der Waals surface area (Å²) in [5, 5.41) is 42.0. The number of alkyl halides is 6. The Hall–Kier alpha value is -10.7. The van der Waals surface area contributed by atoms with E-state index in [4.69, 9.17) is 4.98 Å². The lowest BCUT2D eigenvalue weighted by molar-refractivity contribution is -0.143. The van der Waals surface area contributed by atoms with E-state index in [1.54, 1.807) is 72.8 Å². The summed E-state index contributed by atoms with van der Waals surface area (Å²) in [5.74, 6) is 0.327. The van der Waals surface area contributed by atoms with Crippen LogP contribution >= 0.6 is 0 Å². The van der Waals surface area contributed by atoms with Crippen molar-refractivity contribution < 1.29 is 26.3 Å². The highest BCUT2D eigenvalue weighted by atomic mass is 19.4. The largest absolute Gasteiger partial charge is 0.416 e. The number of fused-ring (bicyclic) bond motifs is 6. The molecule has 3 aromatic heterocycles. The molecule has 0 spiro atoms. The zero-order valence-electron chi connectivity index (χ0n) is 40.5. The number of hydrogen-bond acceptors (Lipinski definition) is 5. The molecule has 0 unspecified atom stereocenters. The van der Waals surface area contributed by atoms with E-state index in [0.717, 1.165) is 44.5 Å². The molecule has 0 fully saturated rings. The molecule has 0 aliphatic heterocycles. The van der Waals surface area contributed by atoms with Crippen molar-refractivity contribution in [1.82, 2.24) is 14.1 Å². The molecule has 12 rings (SSSR count). The molecule has 3 heterocycles. The Morgan fingerprint density at radius 3 is 0.833 bits per heavy atom. The predicted octanol–water partition coefficient (Wildman–Crippen LogP) is 17.1. The van der Waals surface area contributed by atoms with Gasteiger partial charge in [-0.3, -0.25) is 9.13 Å². The standard InChI is InChI=1S/C65H33F6N7/c66-64(67,68)52-25-50(26-53(33-52)65(69,70)71)51-31-62(77-58-17-13-46(42-9-1-5-38(21-42)34-72)27-54(58)55-28-47(14-18-59(55)77)43-10-2-6-39(22-43)35-73)76-63(32-51)78-60-19-15-48(44-11-3-7-40(23-44)36-74)29-56(60)57-30-49(16-20-61(57)78)45-12-4-8-41(24-45)37-75/h1-33H. The van der Waals surface area contributed by atoms with Crippen LogP contribution in [0, 0.1) is 45.3 Å². The predicted molar refractivity (Wildman–Crippen MR) is 289 cm³/mol. The van der Waals surface area contributed by atoms with Gasteiger partial charge in [-0.2, -0.15) is 47.4 Å². The quantitative estimate of drug-likeness (QED) is 0.147. The number of pyridine rings is 1. The van der Waals surface area contributed by atoms with E-state index in [-0.39, 0.29) is 28.8 Å². The van der Waals surface area contributed by atoms with Crippen molar-refractivity contribution in [2.75, 3.05) is 0 Å². The summed E-state index contributed by atoms with van der Waals surface area (Å²) in [5.41, 5.74) is 6.97. The maximum atomic E-state index is 14.7. The number of hydrogen-bond donors (Lipinski definition) is 0. The van der Waals surface area contributed by atoms with Crippen molar-refractivity contribution in [3.8, 4) is 91.5 Å². The fraction of sp³-hybridized carbons (Fsp3) is 0.0308. The second-order valence-electron chi connectivity index (χ2n) is 18.7. The van der Waals surface area contributed by atoms with Gasteiger partial charge in [0, 0.05) is 21.5 Å². The molecule has 0 bridgehead atoms. The van der Waals surface area contributed by atoms with Gasteiger partial charge in [-0.25, -0.2) is 4.98 Å². The molecule has 0 amide bonds. The van der Waals surface area contributed by atoms with Crippen LogP contribution in [0.1, 0.15) is 33.4 Å². The smallest absolute Gasteiger partial charge is 0.294 e. The normalized spacial score (nSPS) is 11.7. The fourth-order valence-corrected chi connectivity index (χ4v) is 10.4. The number of benzene rings is 9. The van der Waals surface area contributed by atoms with E-state index in [1.807, 2.05) is 106 Å². The summed E-state index contributed by atoms with van der Waals surface area (Å²) < 4.78 is 91.8. The van der Waals surface area contributed by atoms with Crippen molar-refractivity contribution >= 4 is 43.6 Å². The van der Waals surface area contributed by atoms with Crippen LogP contribution in [0.15, 0.2) is 200 Å². The van der Waals surface area contributed by atoms with Gasteiger partial charge in [0.15, 0.2) is 0 Å². The first-order chi connectivity index (χ1) is 37.7. The Kier molecular flexibility index (Phi) is 11.5. The summed E-state index contributed by atoms with van der Waals surface area (Å²) in [4.78, 5) is 5.34. The van der Waals surface area contributed by atoms with Gasteiger partial charge in [0.1, 0.15) is 11.6 Å². The van der Waals surface area contributed by atoms with Gasteiger partial charge >= 0.3 is 12.4 Å².